The van der Waals surface area contributed by atoms with Crippen LogP contribution in [-0.4, -0.2) is 30.4 Å². The molecule has 3 aromatic rings. The molecule has 0 aliphatic heterocycles. The molecule has 2 unspecified atom stereocenters. The maximum atomic E-state index is 10.2. The average molecular weight is 296 g/mol. The summed E-state index contributed by atoms with van der Waals surface area (Å²) in [5.74, 6) is 0.214. The summed E-state index contributed by atoms with van der Waals surface area (Å²) in [5, 5.41) is 32.2. The lowest BCUT2D eigenvalue weighted by atomic mass is 10.1. The predicted molar refractivity (Wildman–Crippen MR) is 79.7 cm³/mol. The first-order valence-corrected chi connectivity index (χ1v) is 6.98. The van der Waals surface area contributed by atoms with E-state index in [0.29, 0.717) is 5.56 Å². The molecule has 6 heteroatoms. The van der Waals surface area contributed by atoms with Gasteiger partial charge in [-0.25, -0.2) is 0 Å². The van der Waals surface area contributed by atoms with Crippen LogP contribution in [0.1, 0.15) is 29.2 Å². The fourth-order valence-corrected chi connectivity index (χ4v) is 2.16. The molecule has 1 aromatic heterocycles. The number of aliphatic hydroxyl groups is 2. The van der Waals surface area contributed by atoms with Crippen molar-refractivity contribution >= 4 is 0 Å². The number of rotatable bonds is 5. The first kappa shape index (κ1) is 14.4. The van der Waals surface area contributed by atoms with Crippen LogP contribution in [0.4, 0.5) is 0 Å². The monoisotopic (exact) mass is 296 g/mol. The molecule has 22 heavy (non-hydrogen) atoms. The van der Waals surface area contributed by atoms with E-state index in [1.54, 1.807) is 12.1 Å². The molecule has 2 aromatic carbocycles. The lowest BCUT2D eigenvalue weighted by Gasteiger charge is -2.09. The zero-order chi connectivity index (χ0) is 15.4. The highest BCUT2D eigenvalue weighted by atomic mass is 16.3. The van der Waals surface area contributed by atoms with Gasteiger partial charge in [0.15, 0.2) is 0 Å². The maximum Gasteiger partial charge on any atom is 0.207 e. The smallest absolute Gasteiger partial charge is 0.207 e. The van der Waals surface area contributed by atoms with Crippen molar-refractivity contribution in [3.05, 3.63) is 77.6 Å². The molecule has 6 nitrogen and oxygen atoms in total. The van der Waals surface area contributed by atoms with Gasteiger partial charge in [0.05, 0.1) is 6.54 Å². The molecular formula is C16H16N4O2. The van der Waals surface area contributed by atoms with Gasteiger partial charge in [-0.2, -0.15) is 4.80 Å². The number of benzene rings is 2. The van der Waals surface area contributed by atoms with Crippen LogP contribution in [0.25, 0.3) is 0 Å². The van der Waals surface area contributed by atoms with Gasteiger partial charge in [-0.1, -0.05) is 60.7 Å². The summed E-state index contributed by atoms with van der Waals surface area (Å²) >= 11 is 0. The first-order valence-electron chi connectivity index (χ1n) is 6.98. The van der Waals surface area contributed by atoms with E-state index in [1.165, 1.54) is 4.80 Å². The van der Waals surface area contributed by atoms with E-state index >= 15 is 0 Å². The maximum absolute atomic E-state index is 10.2. The van der Waals surface area contributed by atoms with Crippen LogP contribution < -0.4 is 0 Å². The molecule has 3 rings (SSSR count). The van der Waals surface area contributed by atoms with E-state index in [1.807, 2.05) is 48.5 Å². The van der Waals surface area contributed by atoms with Crippen LogP contribution in [0.2, 0.25) is 0 Å². The van der Waals surface area contributed by atoms with E-state index in [9.17, 15) is 10.2 Å². The van der Waals surface area contributed by atoms with Gasteiger partial charge in [0.1, 0.15) is 12.2 Å². The Bertz CT molecular complexity index is 715. The Balaban J connectivity index is 1.71. The van der Waals surface area contributed by atoms with Crippen molar-refractivity contribution in [2.45, 2.75) is 18.8 Å². The molecule has 0 bridgehead atoms. The zero-order valence-corrected chi connectivity index (χ0v) is 11.8. The largest absolute Gasteiger partial charge is 0.386 e. The van der Waals surface area contributed by atoms with Crippen molar-refractivity contribution in [2.75, 3.05) is 0 Å². The third-order valence-corrected chi connectivity index (χ3v) is 3.35. The number of tetrazole rings is 1. The summed E-state index contributed by atoms with van der Waals surface area (Å²) in [7, 11) is 0. The van der Waals surface area contributed by atoms with Crippen molar-refractivity contribution in [3.63, 3.8) is 0 Å². The molecule has 0 radical (unpaired) electrons. The van der Waals surface area contributed by atoms with E-state index in [-0.39, 0.29) is 12.4 Å². The Kier molecular flexibility index (Phi) is 4.22. The second-order valence-electron chi connectivity index (χ2n) is 4.94. The van der Waals surface area contributed by atoms with Crippen LogP contribution >= 0.6 is 0 Å². The Morgan fingerprint density at radius 2 is 1.45 bits per heavy atom. The summed E-state index contributed by atoms with van der Waals surface area (Å²) in [6.07, 6.45) is -1.65. The SMILES string of the molecule is OC(Cn1nnc(C(O)c2ccccc2)n1)c1ccccc1. The predicted octanol–water partition coefficient (Wildman–Crippen LogP) is 1.49. The fourth-order valence-electron chi connectivity index (χ4n) is 2.16. The third kappa shape index (κ3) is 3.19. The van der Waals surface area contributed by atoms with E-state index in [4.69, 9.17) is 0 Å². The number of hydrogen-bond donors (Lipinski definition) is 2. The molecule has 0 fully saturated rings. The molecule has 1 heterocycles. The molecular weight excluding hydrogens is 280 g/mol. The van der Waals surface area contributed by atoms with Gasteiger partial charge >= 0.3 is 0 Å². The van der Waals surface area contributed by atoms with E-state index in [0.717, 1.165) is 5.56 Å². The Morgan fingerprint density at radius 3 is 2.09 bits per heavy atom. The second-order valence-corrected chi connectivity index (χ2v) is 4.94. The highest BCUT2D eigenvalue weighted by molar-refractivity contribution is 5.21. The van der Waals surface area contributed by atoms with Gasteiger partial charge in [-0.15, -0.1) is 10.2 Å². The quantitative estimate of drug-likeness (QED) is 0.745. The Labute approximate surface area is 127 Å². The van der Waals surface area contributed by atoms with Gasteiger partial charge in [-0.3, -0.25) is 0 Å². The van der Waals surface area contributed by atoms with Crippen LogP contribution in [0.15, 0.2) is 60.7 Å². The van der Waals surface area contributed by atoms with Crippen LogP contribution in [0, 0.1) is 0 Å². The number of aromatic nitrogens is 4. The van der Waals surface area contributed by atoms with E-state index < -0.39 is 12.2 Å². The molecule has 0 saturated heterocycles. The Hall–Kier alpha value is -2.57. The Morgan fingerprint density at radius 1 is 0.864 bits per heavy atom. The summed E-state index contributed by atoms with van der Waals surface area (Å²) in [5.41, 5.74) is 1.48. The standard InChI is InChI=1S/C16H16N4O2/c21-14(12-7-3-1-4-8-12)11-20-18-16(17-19-20)15(22)13-9-5-2-6-10-13/h1-10,14-15,21-22H,11H2. The molecule has 0 spiro atoms. The van der Waals surface area contributed by atoms with Crippen molar-refractivity contribution in [2.24, 2.45) is 0 Å². The highest BCUT2D eigenvalue weighted by Crippen LogP contribution is 2.18. The summed E-state index contributed by atoms with van der Waals surface area (Å²) in [6, 6.07) is 18.4. The molecule has 0 saturated carbocycles. The van der Waals surface area contributed by atoms with Crippen molar-refractivity contribution in [1.29, 1.82) is 0 Å². The van der Waals surface area contributed by atoms with Crippen molar-refractivity contribution in [1.82, 2.24) is 20.2 Å². The molecule has 2 atom stereocenters. The van der Waals surface area contributed by atoms with Crippen molar-refractivity contribution < 1.29 is 10.2 Å². The molecule has 2 N–H and O–H groups in total. The van der Waals surface area contributed by atoms with Gasteiger partial charge in [0.25, 0.3) is 0 Å². The summed E-state index contributed by atoms with van der Waals surface area (Å²) in [4.78, 5) is 1.29. The van der Waals surface area contributed by atoms with Crippen LogP contribution in [-0.2, 0) is 6.54 Å². The van der Waals surface area contributed by atoms with Gasteiger partial charge < -0.3 is 10.2 Å². The van der Waals surface area contributed by atoms with Gasteiger partial charge in [0, 0.05) is 0 Å². The lowest BCUT2D eigenvalue weighted by molar-refractivity contribution is 0.143. The molecule has 0 amide bonds. The average Bonchev–Trinajstić information content (AvgIpc) is 3.04. The number of nitrogens with zero attached hydrogens (tertiary/aromatic N) is 4. The van der Waals surface area contributed by atoms with Crippen LogP contribution in [0.5, 0.6) is 0 Å². The summed E-state index contributed by atoms with van der Waals surface area (Å²) in [6.45, 7) is 0.179. The van der Waals surface area contributed by atoms with Crippen molar-refractivity contribution in [3.8, 4) is 0 Å². The minimum atomic E-state index is -0.927. The lowest BCUT2D eigenvalue weighted by Crippen LogP contribution is -2.12. The number of aliphatic hydroxyl groups excluding tert-OH is 2. The zero-order valence-electron chi connectivity index (χ0n) is 11.8. The van der Waals surface area contributed by atoms with E-state index in [2.05, 4.69) is 15.4 Å². The topological polar surface area (TPSA) is 84.1 Å². The summed E-state index contributed by atoms with van der Waals surface area (Å²) < 4.78 is 0. The number of hydrogen-bond acceptors (Lipinski definition) is 5. The second kappa shape index (κ2) is 6.46. The first-order chi connectivity index (χ1) is 10.7. The normalized spacial score (nSPS) is 13.7. The van der Waals surface area contributed by atoms with Gasteiger partial charge in [-0.05, 0) is 16.3 Å². The molecule has 0 aliphatic carbocycles. The van der Waals surface area contributed by atoms with Gasteiger partial charge in [0.2, 0.25) is 5.82 Å². The highest BCUT2D eigenvalue weighted by Gasteiger charge is 2.17. The minimum absolute atomic E-state index is 0.179. The third-order valence-electron chi connectivity index (χ3n) is 3.35. The molecule has 112 valence electrons. The minimum Gasteiger partial charge on any atom is -0.386 e. The molecule has 0 aliphatic rings. The fraction of sp³-hybridized carbons (Fsp3) is 0.188. The van der Waals surface area contributed by atoms with Crippen LogP contribution in [0.3, 0.4) is 0 Å².